The number of anilines is 1. The Balaban J connectivity index is 1.85. The number of rotatable bonds is 5. The van der Waals surface area contributed by atoms with Crippen molar-refractivity contribution in [2.75, 3.05) is 5.73 Å². The number of aryl methyl sites for hydroxylation is 2. The van der Waals surface area contributed by atoms with E-state index in [1.807, 2.05) is 24.3 Å². The standard InChI is InChI=1S/C12H15N5O/c1-17-15-12(14-16-17)8-11(18)6-5-9-3-2-4-10(13)7-9/h2-4,7H,5-6,8,13H2,1H3. The number of hydrogen-bond donors (Lipinski definition) is 1. The monoisotopic (exact) mass is 245 g/mol. The van der Waals surface area contributed by atoms with Crippen molar-refractivity contribution in [2.24, 2.45) is 7.05 Å². The summed E-state index contributed by atoms with van der Waals surface area (Å²) in [6.07, 6.45) is 1.38. The average Bonchev–Trinajstić information content (AvgIpc) is 2.72. The second-order valence-electron chi connectivity index (χ2n) is 4.16. The van der Waals surface area contributed by atoms with Crippen molar-refractivity contribution in [1.29, 1.82) is 0 Å². The zero-order chi connectivity index (χ0) is 13.0. The Hall–Kier alpha value is -2.24. The minimum Gasteiger partial charge on any atom is -0.399 e. The van der Waals surface area contributed by atoms with Gasteiger partial charge in [-0.1, -0.05) is 12.1 Å². The van der Waals surface area contributed by atoms with Crippen molar-refractivity contribution < 1.29 is 4.79 Å². The average molecular weight is 245 g/mol. The fourth-order valence-corrected chi connectivity index (χ4v) is 1.69. The van der Waals surface area contributed by atoms with E-state index in [0.29, 0.717) is 18.7 Å². The third-order valence-corrected chi connectivity index (χ3v) is 2.55. The predicted molar refractivity (Wildman–Crippen MR) is 66.7 cm³/mol. The van der Waals surface area contributed by atoms with Gasteiger partial charge >= 0.3 is 0 Å². The van der Waals surface area contributed by atoms with Gasteiger partial charge in [0, 0.05) is 12.1 Å². The van der Waals surface area contributed by atoms with E-state index in [1.165, 1.54) is 4.80 Å². The third-order valence-electron chi connectivity index (χ3n) is 2.55. The zero-order valence-electron chi connectivity index (χ0n) is 10.2. The number of carbonyl (C=O) groups excluding carboxylic acids is 1. The Labute approximate surface area is 105 Å². The molecule has 0 radical (unpaired) electrons. The Morgan fingerprint density at radius 1 is 1.44 bits per heavy atom. The van der Waals surface area contributed by atoms with Crippen molar-refractivity contribution in [3.63, 3.8) is 0 Å². The first kappa shape index (κ1) is 12.2. The Morgan fingerprint density at radius 2 is 2.28 bits per heavy atom. The lowest BCUT2D eigenvalue weighted by Crippen LogP contribution is -2.06. The molecule has 1 aromatic carbocycles. The van der Waals surface area contributed by atoms with Crippen molar-refractivity contribution in [3.8, 4) is 0 Å². The molecule has 2 rings (SSSR count). The van der Waals surface area contributed by atoms with Crippen molar-refractivity contribution in [3.05, 3.63) is 35.7 Å². The number of ketones is 1. The number of nitrogen functional groups attached to an aromatic ring is 1. The topological polar surface area (TPSA) is 86.7 Å². The van der Waals surface area contributed by atoms with Gasteiger partial charge in [-0.05, 0) is 29.3 Å². The maximum Gasteiger partial charge on any atom is 0.182 e. The second-order valence-corrected chi connectivity index (χ2v) is 4.16. The Bertz CT molecular complexity index is 549. The van der Waals surface area contributed by atoms with Gasteiger partial charge in [0.15, 0.2) is 5.82 Å². The lowest BCUT2D eigenvalue weighted by molar-refractivity contribution is -0.118. The number of nitrogens with two attached hydrogens (primary N) is 1. The highest BCUT2D eigenvalue weighted by Crippen LogP contribution is 2.09. The molecule has 94 valence electrons. The van der Waals surface area contributed by atoms with Crippen LogP contribution in [0.5, 0.6) is 0 Å². The highest BCUT2D eigenvalue weighted by atomic mass is 16.1. The van der Waals surface area contributed by atoms with Gasteiger partial charge in [-0.3, -0.25) is 4.79 Å². The molecule has 0 bridgehead atoms. The van der Waals surface area contributed by atoms with E-state index in [2.05, 4.69) is 15.4 Å². The molecule has 1 heterocycles. The molecule has 0 saturated carbocycles. The summed E-state index contributed by atoms with van der Waals surface area (Å²) in [5.41, 5.74) is 7.46. The Kier molecular flexibility index (Phi) is 3.66. The van der Waals surface area contributed by atoms with Crippen molar-refractivity contribution in [2.45, 2.75) is 19.3 Å². The highest BCUT2D eigenvalue weighted by Gasteiger charge is 2.08. The number of carbonyl (C=O) groups is 1. The third kappa shape index (κ3) is 3.38. The van der Waals surface area contributed by atoms with Crippen LogP contribution in [0.15, 0.2) is 24.3 Å². The first-order valence-corrected chi connectivity index (χ1v) is 5.72. The molecule has 6 nitrogen and oxygen atoms in total. The molecular formula is C12H15N5O. The maximum absolute atomic E-state index is 11.7. The summed E-state index contributed by atoms with van der Waals surface area (Å²) in [6, 6.07) is 7.56. The van der Waals surface area contributed by atoms with Crippen LogP contribution in [0.1, 0.15) is 17.8 Å². The molecule has 1 aromatic heterocycles. The van der Waals surface area contributed by atoms with Gasteiger partial charge in [-0.25, -0.2) is 0 Å². The summed E-state index contributed by atoms with van der Waals surface area (Å²) in [4.78, 5) is 13.1. The maximum atomic E-state index is 11.7. The van der Waals surface area contributed by atoms with Crippen LogP contribution in [-0.2, 0) is 24.7 Å². The van der Waals surface area contributed by atoms with Crippen LogP contribution in [0, 0.1) is 0 Å². The van der Waals surface area contributed by atoms with Crippen LogP contribution in [0.4, 0.5) is 5.69 Å². The molecule has 6 heteroatoms. The summed E-state index contributed by atoms with van der Waals surface area (Å²) >= 11 is 0. The van der Waals surface area contributed by atoms with Crippen LogP contribution in [0.3, 0.4) is 0 Å². The number of hydrogen-bond acceptors (Lipinski definition) is 5. The van der Waals surface area contributed by atoms with Crippen LogP contribution < -0.4 is 5.73 Å². The number of nitrogens with zero attached hydrogens (tertiary/aromatic N) is 4. The number of benzene rings is 1. The minimum atomic E-state index is 0.102. The van der Waals surface area contributed by atoms with Gasteiger partial charge in [0.25, 0.3) is 0 Å². The van der Waals surface area contributed by atoms with Crippen LogP contribution in [0.25, 0.3) is 0 Å². The van der Waals surface area contributed by atoms with E-state index < -0.39 is 0 Å². The van der Waals surface area contributed by atoms with E-state index in [9.17, 15) is 4.79 Å². The van der Waals surface area contributed by atoms with Crippen LogP contribution in [0.2, 0.25) is 0 Å². The molecule has 2 aromatic rings. The van der Waals surface area contributed by atoms with Gasteiger partial charge in [0.05, 0.1) is 13.5 Å². The van der Waals surface area contributed by atoms with E-state index in [0.717, 1.165) is 11.3 Å². The largest absolute Gasteiger partial charge is 0.399 e. The first-order chi connectivity index (χ1) is 8.63. The van der Waals surface area contributed by atoms with Crippen LogP contribution in [-0.4, -0.2) is 26.0 Å². The zero-order valence-corrected chi connectivity index (χ0v) is 10.2. The number of Topliss-reactive ketones (excluding diaryl/α,β-unsaturated/α-hetero) is 1. The molecule has 0 aliphatic heterocycles. The summed E-state index contributed by atoms with van der Waals surface area (Å²) in [5.74, 6) is 0.570. The summed E-state index contributed by atoms with van der Waals surface area (Å²) in [7, 11) is 1.67. The molecule has 0 unspecified atom stereocenters. The van der Waals surface area contributed by atoms with E-state index in [4.69, 9.17) is 5.73 Å². The van der Waals surface area contributed by atoms with Gasteiger partial charge in [-0.15, -0.1) is 10.2 Å². The smallest absolute Gasteiger partial charge is 0.182 e. The summed E-state index contributed by atoms with van der Waals surface area (Å²) < 4.78 is 0. The van der Waals surface area contributed by atoms with Crippen LogP contribution >= 0.6 is 0 Å². The van der Waals surface area contributed by atoms with Crippen molar-refractivity contribution in [1.82, 2.24) is 20.2 Å². The molecular weight excluding hydrogens is 230 g/mol. The molecule has 0 saturated heterocycles. The van der Waals surface area contributed by atoms with Crippen molar-refractivity contribution >= 4 is 11.5 Å². The fraction of sp³-hybridized carbons (Fsp3) is 0.333. The summed E-state index contributed by atoms with van der Waals surface area (Å²) in [5, 5.41) is 11.4. The molecule has 0 aliphatic carbocycles. The lowest BCUT2D eigenvalue weighted by atomic mass is 10.1. The number of aromatic nitrogens is 4. The SMILES string of the molecule is Cn1nnc(CC(=O)CCc2cccc(N)c2)n1. The highest BCUT2D eigenvalue weighted by molar-refractivity contribution is 5.80. The van der Waals surface area contributed by atoms with Gasteiger partial charge in [-0.2, -0.15) is 4.80 Å². The van der Waals surface area contributed by atoms with Gasteiger partial charge in [0.1, 0.15) is 5.78 Å². The fourth-order valence-electron chi connectivity index (χ4n) is 1.69. The molecule has 0 amide bonds. The molecule has 0 atom stereocenters. The predicted octanol–water partition coefficient (Wildman–Crippen LogP) is 0.537. The van der Waals surface area contributed by atoms with Gasteiger partial charge < -0.3 is 5.73 Å². The number of tetrazole rings is 1. The van der Waals surface area contributed by atoms with Gasteiger partial charge in [0.2, 0.25) is 0 Å². The van der Waals surface area contributed by atoms with E-state index in [1.54, 1.807) is 7.05 Å². The van der Waals surface area contributed by atoms with E-state index in [-0.39, 0.29) is 12.2 Å². The minimum absolute atomic E-state index is 0.102. The Morgan fingerprint density at radius 3 is 2.94 bits per heavy atom. The normalized spacial score (nSPS) is 10.5. The summed E-state index contributed by atoms with van der Waals surface area (Å²) in [6.45, 7) is 0. The molecule has 2 N–H and O–H groups in total. The second kappa shape index (κ2) is 5.39. The molecule has 0 aliphatic rings. The molecule has 0 fully saturated rings. The molecule has 0 spiro atoms. The quantitative estimate of drug-likeness (QED) is 0.777. The first-order valence-electron chi connectivity index (χ1n) is 5.72. The molecule has 18 heavy (non-hydrogen) atoms. The van der Waals surface area contributed by atoms with E-state index >= 15 is 0 Å². The lowest BCUT2D eigenvalue weighted by Gasteiger charge is -2.01.